The number of rotatable bonds is 7. The molecule has 1 aromatic heterocycles. The van der Waals surface area contributed by atoms with Crippen molar-refractivity contribution in [2.24, 2.45) is 0 Å². The Hall–Kier alpha value is -2.25. The summed E-state index contributed by atoms with van der Waals surface area (Å²) in [6.45, 7) is 9.39. The fourth-order valence-electron chi connectivity index (χ4n) is 3.29. The maximum atomic E-state index is 12.4. The summed E-state index contributed by atoms with van der Waals surface area (Å²) in [6.07, 6.45) is 2.36. The highest BCUT2D eigenvalue weighted by Gasteiger charge is 2.14. The Labute approximate surface area is 153 Å². The molecule has 7 nitrogen and oxygen atoms in total. The summed E-state index contributed by atoms with van der Waals surface area (Å²) in [7, 11) is 0. The zero-order valence-corrected chi connectivity index (χ0v) is 15.4. The van der Waals surface area contributed by atoms with Crippen LogP contribution in [0.2, 0.25) is 0 Å². The quantitative estimate of drug-likeness (QED) is 0.733. The normalized spacial score (nSPS) is 16.0. The van der Waals surface area contributed by atoms with Crippen molar-refractivity contribution in [1.29, 1.82) is 0 Å². The minimum absolute atomic E-state index is 0.00580. The average molecular weight is 357 g/mol. The second-order valence-corrected chi connectivity index (χ2v) is 6.67. The number of carbonyl (C=O) groups is 1. The lowest BCUT2D eigenvalue weighted by Gasteiger charge is -2.33. The number of hydrogen-bond donors (Lipinski definition) is 1. The second kappa shape index (κ2) is 8.91. The molecule has 26 heavy (non-hydrogen) atoms. The number of amides is 1. The first kappa shape index (κ1) is 18.5. The van der Waals surface area contributed by atoms with Crippen molar-refractivity contribution in [3.8, 4) is 0 Å². The Balaban J connectivity index is 1.42. The maximum absolute atomic E-state index is 12.4. The highest BCUT2D eigenvalue weighted by molar-refractivity contribution is 5.78. The van der Waals surface area contributed by atoms with Gasteiger partial charge in [0.2, 0.25) is 5.91 Å². The van der Waals surface area contributed by atoms with Gasteiger partial charge in [-0.1, -0.05) is 19.1 Å². The van der Waals surface area contributed by atoms with Gasteiger partial charge in [-0.3, -0.25) is 14.2 Å². The van der Waals surface area contributed by atoms with Gasteiger partial charge in [0.05, 0.1) is 17.2 Å². The topological polar surface area (TPSA) is 70.5 Å². The van der Waals surface area contributed by atoms with Crippen molar-refractivity contribution in [3.63, 3.8) is 0 Å². The van der Waals surface area contributed by atoms with E-state index >= 15 is 0 Å². The molecule has 3 rings (SSSR count). The van der Waals surface area contributed by atoms with Crippen LogP contribution in [-0.4, -0.2) is 71.1 Å². The number of piperazine rings is 1. The fourth-order valence-corrected chi connectivity index (χ4v) is 3.29. The summed E-state index contributed by atoms with van der Waals surface area (Å²) in [5.41, 5.74) is 0.469. The van der Waals surface area contributed by atoms with Crippen molar-refractivity contribution in [3.05, 3.63) is 40.9 Å². The number of hydrogen-bond acceptors (Lipinski definition) is 5. The summed E-state index contributed by atoms with van der Waals surface area (Å²) >= 11 is 0. The standard InChI is InChI=1S/C19H27N5O2/c1-2-22-10-12-23(13-11-22)9-5-8-20-18(25)14-24-15-21-17-7-4-3-6-16(17)19(24)26/h3-4,6-7,15H,2,5,8-14H2,1H3,(H,20,25). The predicted octanol–water partition coefficient (Wildman–Crippen LogP) is 0.540. The minimum Gasteiger partial charge on any atom is -0.354 e. The van der Waals surface area contributed by atoms with Crippen LogP contribution in [0.1, 0.15) is 13.3 Å². The van der Waals surface area contributed by atoms with E-state index < -0.39 is 0 Å². The third-order valence-electron chi connectivity index (χ3n) is 4.93. The van der Waals surface area contributed by atoms with E-state index in [9.17, 15) is 9.59 Å². The molecule has 1 aliphatic rings. The third-order valence-corrected chi connectivity index (χ3v) is 4.93. The number of aromatic nitrogens is 2. The van der Waals surface area contributed by atoms with E-state index in [-0.39, 0.29) is 18.0 Å². The van der Waals surface area contributed by atoms with Gasteiger partial charge in [0.1, 0.15) is 6.54 Å². The van der Waals surface area contributed by atoms with Crippen LogP contribution >= 0.6 is 0 Å². The van der Waals surface area contributed by atoms with Gasteiger partial charge in [0.15, 0.2) is 0 Å². The van der Waals surface area contributed by atoms with E-state index in [1.807, 2.05) is 6.07 Å². The van der Waals surface area contributed by atoms with E-state index in [1.54, 1.807) is 18.2 Å². The second-order valence-electron chi connectivity index (χ2n) is 6.67. The Bertz CT molecular complexity index is 796. The Kier molecular flexibility index (Phi) is 6.35. The molecule has 140 valence electrons. The molecule has 0 radical (unpaired) electrons. The van der Waals surface area contributed by atoms with Crippen molar-refractivity contribution in [2.45, 2.75) is 19.9 Å². The van der Waals surface area contributed by atoms with Gasteiger partial charge in [0, 0.05) is 32.7 Å². The predicted molar refractivity (Wildman–Crippen MR) is 102 cm³/mol. The molecule has 1 amide bonds. The van der Waals surface area contributed by atoms with Gasteiger partial charge in [-0.2, -0.15) is 0 Å². The van der Waals surface area contributed by atoms with Crippen molar-refractivity contribution in [1.82, 2.24) is 24.7 Å². The SMILES string of the molecule is CCN1CCN(CCCNC(=O)Cn2cnc3ccccc3c2=O)CC1. The summed E-state index contributed by atoms with van der Waals surface area (Å²) in [5.74, 6) is -0.153. The van der Waals surface area contributed by atoms with Gasteiger partial charge in [-0.25, -0.2) is 4.98 Å². The van der Waals surface area contributed by atoms with Gasteiger partial charge >= 0.3 is 0 Å². The number of benzene rings is 1. The molecule has 1 fully saturated rings. The molecule has 0 bridgehead atoms. The van der Waals surface area contributed by atoms with Crippen LogP contribution in [0.4, 0.5) is 0 Å². The van der Waals surface area contributed by atoms with Crippen LogP contribution in [0.25, 0.3) is 10.9 Å². The monoisotopic (exact) mass is 357 g/mol. The van der Waals surface area contributed by atoms with Crippen LogP contribution in [0.3, 0.4) is 0 Å². The van der Waals surface area contributed by atoms with Gasteiger partial charge in [-0.15, -0.1) is 0 Å². The lowest BCUT2D eigenvalue weighted by atomic mass is 10.2. The molecule has 0 atom stereocenters. The van der Waals surface area contributed by atoms with Crippen LogP contribution in [-0.2, 0) is 11.3 Å². The lowest BCUT2D eigenvalue weighted by molar-refractivity contribution is -0.121. The van der Waals surface area contributed by atoms with Crippen LogP contribution in [0, 0.1) is 0 Å². The van der Waals surface area contributed by atoms with E-state index in [0.29, 0.717) is 17.4 Å². The number of fused-ring (bicyclic) bond motifs is 1. The van der Waals surface area contributed by atoms with Gasteiger partial charge in [0.25, 0.3) is 5.56 Å². The molecule has 0 unspecified atom stereocenters. The largest absolute Gasteiger partial charge is 0.354 e. The van der Waals surface area contributed by atoms with Crippen LogP contribution in [0.5, 0.6) is 0 Å². The average Bonchev–Trinajstić information content (AvgIpc) is 2.68. The highest BCUT2D eigenvalue weighted by atomic mass is 16.2. The molecule has 7 heteroatoms. The zero-order chi connectivity index (χ0) is 18.4. The third kappa shape index (κ3) is 4.68. The van der Waals surface area contributed by atoms with E-state index in [2.05, 4.69) is 27.0 Å². The van der Waals surface area contributed by atoms with Gasteiger partial charge in [-0.05, 0) is 31.6 Å². The van der Waals surface area contributed by atoms with Crippen LogP contribution < -0.4 is 10.9 Å². The lowest BCUT2D eigenvalue weighted by Crippen LogP contribution is -2.46. The number of carbonyl (C=O) groups excluding carboxylic acids is 1. The zero-order valence-electron chi connectivity index (χ0n) is 15.4. The highest BCUT2D eigenvalue weighted by Crippen LogP contribution is 2.04. The first-order chi connectivity index (χ1) is 12.7. The number of nitrogens with zero attached hydrogens (tertiary/aromatic N) is 4. The number of nitrogens with one attached hydrogen (secondary N) is 1. The number of likely N-dealkylation sites (N-methyl/N-ethyl adjacent to an activating group) is 1. The molecule has 1 N–H and O–H groups in total. The summed E-state index contributed by atoms with van der Waals surface area (Å²) in [6, 6.07) is 7.17. The first-order valence-electron chi connectivity index (χ1n) is 9.33. The van der Waals surface area contributed by atoms with E-state index in [0.717, 1.165) is 45.7 Å². The Morgan fingerprint density at radius 2 is 1.88 bits per heavy atom. The molecular weight excluding hydrogens is 330 g/mol. The molecule has 0 saturated carbocycles. The van der Waals surface area contributed by atoms with Crippen LogP contribution in [0.15, 0.2) is 35.4 Å². The molecule has 1 saturated heterocycles. The molecule has 2 aromatic rings. The molecule has 2 heterocycles. The summed E-state index contributed by atoms with van der Waals surface area (Å²) < 4.78 is 1.36. The van der Waals surface area contributed by atoms with Crippen molar-refractivity contribution in [2.75, 3.05) is 45.8 Å². The Morgan fingerprint density at radius 1 is 1.15 bits per heavy atom. The molecule has 0 aliphatic carbocycles. The molecule has 1 aromatic carbocycles. The molecule has 0 spiro atoms. The van der Waals surface area contributed by atoms with E-state index in [1.165, 1.54) is 10.9 Å². The smallest absolute Gasteiger partial charge is 0.261 e. The van der Waals surface area contributed by atoms with Crippen molar-refractivity contribution >= 4 is 16.8 Å². The summed E-state index contributed by atoms with van der Waals surface area (Å²) in [4.78, 5) is 33.6. The molecular formula is C19H27N5O2. The minimum atomic E-state index is -0.181. The maximum Gasteiger partial charge on any atom is 0.261 e. The first-order valence-corrected chi connectivity index (χ1v) is 9.33. The Morgan fingerprint density at radius 3 is 2.65 bits per heavy atom. The number of para-hydroxylation sites is 1. The molecule has 1 aliphatic heterocycles. The van der Waals surface area contributed by atoms with E-state index in [4.69, 9.17) is 0 Å². The fraction of sp³-hybridized carbons (Fsp3) is 0.526. The van der Waals surface area contributed by atoms with Gasteiger partial charge < -0.3 is 15.1 Å². The summed E-state index contributed by atoms with van der Waals surface area (Å²) in [5, 5.41) is 3.44. The van der Waals surface area contributed by atoms with Crippen molar-refractivity contribution < 1.29 is 4.79 Å².